The van der Waals surface area contributed by atoms with Gasteiger partial charge in [-0.2, -0.15) is 5.10 Å². The van der Waals surface area contributed by atoms with Crippen LogP contribution in [-0.4, -0.2) is 53.2 Å². The largest absolute Gasteiger partial charge is 0.504 e. The molecule has 1 fully saturated rings. The zero-order chi connectivity index (χ0) is 20.9. The minimum atomic E-state index is -0.445. The van der Waals surface area contributed by atoms with Gasteiger partial charge in [0.25, 0.3) is 0 Å². The van der Waals surface area contributed by atoms with Crippen molar-refractivity contribution >= 4 is 17.3 Å². The van der Waals surface area contributed by atoms with Crippen LogP contribution in [0, 0.1) is 0 Å². The third kappa shape index (κ3) is 3.10. The van der Waals surface area contributed by atoms with E-state index in [1.165, 1.54) is 0 Å². The Morgan fingerprint density at radius 3 is 2.77 bits per heavy atom. The Kier molecular flexibility index (Phi) is 4.79. The maximum Gasteiger partial charge on any atom is 0.200 e. The molecule has 0 amide bonds. The highest BCUT2D eigenvalue weighted by molar-refractivity contribution is 6.30. The molecule has 2 aromatic rings. The number of nitrogens with zero attached hydrogens (tertiary/aromatic N) is 3. The van der Waals surface area contributed by atoms with Gasteiger partial charge in [-0.25, -0.2) is 5.01 Å². The van der Waals surface area contributed by atoms with Gasteiger partial charge < -0.3 is 19.5 Å². The predicted octanol–water partition coefficient (Wildman–Crippen LogP) is 4.41. The van der Waals surface area contributed by atoms with Crippen LogP contribution in [0.3, 0.4) is 0 Å². The topological polar surface area (TPSA) is 57.5 Å². The van der Waals surface area contributed by atoms with Crippen molar-refractivity contribution in [1.82, 2.24) is 9.91 Å². The highest BCUT2D eigenvalue weighted by atomic mass is 35.5. The second-order valence-corrected chi connectivity index (χ2v) is 8.60. The van der Waals surface area contributed by atoms with E-state index in [9.17, 15) is 5.11 Å². The van der Waals surface area contributed by atoms with Crippen molar-refractivity contribution in [1.29, 1.82) is 0 Å². The summed E-state index contributed by atoms with van der Waals surface area (Å²) in [5.74, 6) is 1.48. The monoisotopic (exact) mass is 427 g/mol. The third-order valence-electron chi connectivity index (χ3n) is 6.56. The van der Waals surface area contributed by atoms with E-state index in [2.05, 4.69) is 16.8 Å². The lowest BCUT2D eigenvalue weighted by Crippen LogP contribution is -2.59. The number of aromatic hydroxyl groups is 1. The Hall–Kier alpha value is -2.44. The molecule has 0 bridgehead atoms. The molecule has 1 atom stereocenters. The number of fused-ring (bicyclic) bond motifs is 4. The molecule has 158 valence electrons. The zero-order valence-electron chi connectivity index (χ0n) is 17.3. The molecule has 2 aromatic carbocycles. The quantitative estimate of drug-likeness (QED) is 0.786. The second-order valence-electron chi connectivity index (χ2n) is 8.16. The summed E-state index contributed by atoms with van der Waals surface area (Å²) < 4.78 is 11.9. The summed E-state index contributed by atoms with van der Waals surface area (Å²) in [5, 5.41) is 17.9. The average Bonchev–Trinajstić information content (AvgIpc) is 3.22. The van der Waals surface area contributed by atoms with Gasteiger partial charge >= 0.3 is 0 Å². The van der Waals surface area contributed by atoms with Crippen molar-refractivity contribution in [3.05, 3.63) is 52.5 Å². The molecule has 30 heavy (non-hydrogen) atoms. The van der Waals surface area contributed by atoms with Crippen LogP contribution in [0.1, 0.15) is 43.4 Å². The maximum absolute atomic E-state index is 9.98. The van der Waals surface area contributed by atoms with Crippen molar-refractivity contribution in [3.8, 4) is 17.2 Å². The zero-order valence-corrected chi connectivity index (χ0v) is 18.0. The first-order valence-corrected chi connectivity index (χ1v) is 10.9. The van der Waals surface area contributed by atoms with E-state index >= 15 is 0 Å². The normalized spacial score (nSPS) is 22.3. The number of hydrogen-bond acceptors (Lipinski definition) is 6. The predicted molar refractivity (Wildman–Crippen MR) is 117 cm³/mol. The van der Waals surface area contributed by atoms with Crippen molar-refractivity contribution in [2.45, 2.75) is 38.0 Å². The van der Waals surface area contributed by atoms with Gasteiger partial charge in [-0.3, -0.25) is 0 Å². The van der Waals surface area contributed by atoms with Gasteiger partial charge in [-0.05, 0) is 42.9 Å². The van der Waals surface area contributed by atoms with E-state index in [1.54, 1.807) is 13.2 Å². The minimum Gasteiger partial charge on any atom is -0.504 e. The Balaban J connectivity index is 1.56. The fourth-order valence-electron chi connectivity index (χ4n) is 4.83. The number of likely N-dealkylation sites (tertiary alicyclic amines) is 1. The Morgan fingerprint density at radius 1 is 1.23 bits per heavy atom. The second kappa shape index (κ2) is 7.36. The fraction of sp³-hybridized carbons (Fsp3) is 0.435. The van der Waals surface area contributed by atoms with Gasteiger partial charge in [0.1, 0.15) is 5.75 Å². The lowest BCUT2D eigenvalue weighted by Gasteiger charge is -2.51. The lowest BCUT2D eigenvalue weighted by atomic mass is 9.90. The molecule has 3 aliphatic heterocycles. The van der Waals surface area contributed by atoms with Crippen LogP contribution in [0.4, 0.5) is 0 Å². The third-order valence-corrected chi connectivity index (χ3v) is 6.79. The molecule has 0 saturated carbocycles. The summed E-state index contributed by atoms with van der Waals surface area (Å²) >= 11 is 6.33. The first kappa shape index (κ1) is 19.5. The van der Waals surface area contributed by atoms with E-state index in [4.69, 9.17) is 26.2 Å². The number of hydrazone groups is 1. The van der Waals surface area contributed by atoms with Crippen molar-refractivity contribution in [3.63, 3.8) is 0 Å². The summed E-state index contributed by atoms with van der Waals surface area (Å²) in [7, 11) is 1.56. The molecular formula is C23H26ClN3O3. The molecule has 7 heteroatoms. The van der Waals surface area contributed by atoms with E-state index in [-0.39, 0.29) is 11.8 Å². The molecule has 1 saturated heterocycles. The highest BCUT2D eigenvalue weighted by Gasteiger charge is 2.51. The smallest absolute Gasteiger partial charge is 0.200 e. The standard InChI is InChI=1S/C23H26ClN3O3/c1-3-26-10-8-23(9-11-26)27-19(17-13-16(24)5-7-21(17)30-23)14-18(25-27)15-4-6-20(28)22(12-15)29-2/h4-7,12-13,19,28H,3,8-11,14H2,1-2H3/t19-/m0/s1. The first-order valence-electron chi connectivity index (χ1n) is 10.5. The van der Waals surface area contributed by atoms with Gasteiger partial charge in [-0.15, -0.1) is 0 Å². The SMILES string of the molecule is CCN1CCC2(CC1)Oc1ccc(Cl)cc1[C@@H]1CC(c3ccc(O)c(OC)c3)=NN12. The number of phenolic OH excluding ortho intramolecular Hbond substituents is 1. The van der Waals surface area contributed by atoms with Gasteiger partial charge in [-0.1, -0.05) is 18.5 Å². The molecular weight excluding hydrogens is 402 g/mol. The van der Waals surface area contributed by atoms with Crippen LogP contribution in [-0.2, 0) is 0 Å². The highest BCUT2D eigenvalue weighted by Crippen LogP contribution is 2.50. The van der Waals surface area contributed by atoms with Gasteiger partial charge in [0.2, 0.25) is 5.72 Å². The number of phenols is 1. The molecule has 0 aliphatic carbocycles. The molecule has 1 N–H and O–H groups in total. The Labute approximate surface area is 181 Å². The van der Waals surface area contributed by atoms with Crippen LogP contribution in [0.15, 0.2) is 41.5 Å². The van der Waals surface area contributed by atoms with Crippen LogP contribution in [0.25, 0.3) is 0 Å². The Morgan fingerprint density at radius 2 is 2.03 bits per heavy atom. The summed E-state index contributed by atoms with van der Waals surface area (Å²) in [6.07, 6.45) is 2.55. The number of piperidine rings is 1. The molecule has 1 spiro atoms. The summed E-state index contributed by atoms with van der Waals surface area (Å²) in [6.45, 7) is 5.22. The molecule has 0 unspecified atom stereocenters. The first-order chi connectivity index (χ1) is 14.5. The van der Waals surface area contributed by atoms with Gasteiger partial charge in [0, 0.05) is 48.5 Å². The van der Waals surface area contributed by atoms with E-state index < -0.39 is 5.72 Å². The molecule has 0 radical (unpaired) electrons. The number of hydrogen-bond donors (Lipinski definition) is 1. The van der Waals surface area contributed by atoms with Crippen LogP contribution < -0.4 is 9.47 Å². The summed E-state index contributed by atoms with van der Waals surface area (Å²) in [4.78, 5) is 2.45. The van der Waals surface area contributed by atoms with Crippen LogP contribution in [0.2, 0.25) is 5.02 Å². The van der Waals surface area contributed by atoms with Crippen molar-refractivity contribution < 1.29 is 14.6 Å². The van der Waals surface area contributed by atoms with Crippen molar-refractivity contribution in [2.75, 3.05) is 26.7 Å². The molecule has 6 nitrogen and oxygen atoms in total. The van der Waals surface area contributed by atoms with E-state index in [0.717, 1.165) is 61.5 Å². The summed E-state index contributed by atoms with van der Waals surface area (Å²) in [6, 6.07) is 11.4. The fourth-order valence-corrected chi connectivity index (χ4v) is 5.01. The van der Waals surface area contributed by atoms with Crippen LogP contribution >= 0.6 is 11.6 Å². The van der Waals surface area contributed by atoms with Crippen molar-refractivity contribution in [2.24, 2.45) is 5.10 Å². The average molecular weight is 428 g/mol. The number of methoxy groups -OCH3 is 1. The number of ether oxygens (including phenoxy) is 2. The Bertz CT molecular complexity index is 1000. The number of benzene rings is 2. The lowest BCUT2D eigenvalue weighted by molar-refractivity contribution is -0.149. The van der Waals surface area contributed by atoms with Gasteiger partial charge in [0.15, 0.2) is 11.5 Å². The van der Waals surface area contributed by atoms with E-state index in [0.29, 0.717) is 10.8 Å². The maximum atomic E-state index is 9.98. The van der Waals surface area contributed by atoms with Crippen LogP contribution in [0.5, 0.6) is 17.2 Å². The van der Waals surface area contributed by atoms with E-state index in [1.807, 2.05) is 30.3 Å². The van der Waals surface area contributed by atoms with Gasteiger partial charge in [0.05, 0.1) is 18.9 Å². The minimum absolute atomic E-state index is 0.0791. The number of halogens is 1. The molecule has 0 aromatic heterocycles. The summed E-state index contributed by atoms with van der Waals surface area (Å²) in [5.41, 5.74) is 2.55. The molecule has 3 heterocycles. The molecule has 3 aliphatic rings. The molecule has 5 rings (SSSR count). The number of rotatable bonds is 3.